The summed E-state index contributed by atoms with van der Waals surface area (Å²) in [6.45, 7) is 0. The van der Waals surface area contributed by atoms with Gasteiger partial charge in [-0.1, -0.05) is 63.7 Å². The van der Waals surface area contributed by atoms with Crippen LogP contribution in [0.5, 0.6) is 0 Å². The molecule has 3 rings (SSSR count). The Hall–Kier alpha value is 1.92. The van der Waals surface area contributed by atoms with Crippen molar-refractivity contribution in [2.24, 2.45) is 23.7 Å². The average molecular weight is 424 g/mol. The fraction of sp³-hybridized carbons (Fsp3) is 1.00. The first-order valence-electron chi connectivity index (χ1n) is 4.21. The quantitative estimate of drug-likeness (QED) is 0.511. The Bertz CT molecular complexity index is 201. The van der Waals surface area contributed by atoms with Crippen molar-refractivity contribution in [2.75, 3.05) is 0 Å². The van der Waals surface area contributed by atoms with Crippen molar-refractivity contribution in [3.05, 3.63) is 0 Å². The van der Waals surface area contributed by atoms with E-state index in [4.69, 9.17) is 0 Å². The van der Waals surface area contributed by atoms with E-state index in [1.165, 1.54) is 12.8 Å². The third-order valence-electron chi connectivity index (χ3n) is 3.75. The lowest BCUT2D eigenvalue weighted by atomic mass is 10.0. The molecule has 0 spiro atoms. The topological polar surface area (TPSA) is 0 Å². The van der Waals surface area contributed by atoms with Crippen molar-refractivity contribution in [3.63, 3.8) is 0 Å². The zero-order valence-electron chi connectivity index (χ0n) is 6.24. The maximum absolute atomic E-state index is 3.75. The summed E-state index contributed by atoms with van der Waals surface area (Å²) in [5.41, 5.74) is 0. The van der Waals surface area contributed by atoms with Crippen LogP contribution in [0.3, 0.4) is 0 Å². The molecule has 0 nitrogen and oxygen atoms in total. The van der Waals surface area contributed by atoms with Crippen molar-refractivity contribution in [1.29, 1.82) is 0 Å². The zero-order chi connectivity index (χ0) is 8.72. The highest BCUT2D eigenvalue weighted by Gasteiger charge is 2.75. The molecule has 3 aliphatic carbocycles. The number of hydrogen-bond donors (Lipinski definition) is 0. The van der Waals surface area contributed by atoms with Crippen molar-refractivity contribution in [2.45, 2.75) is 19.3 Å². The lowest BCUT2D eigenvalue weighted by molar-refractivity contribution is 0.457. The van der Waals surface area contributed by atoms with E-state index in [9.17, 15) is 0 Å². The maximum atomic E-state index is 3.75. The molecular weight excluding hydrogens is 416 g/mol. The van der Waals surface area contributed by atoms with E-state index in [-0.39, 0.29) is 0 Å². The Balaban J connectivity index is 1.80. The maximum Gasteiger partial charge on any atom is 0.0868 e. The van der Waals surface area contributed by atoms with Gasteiger partial charge in [-0.25, -0.2) is 0 Å². The van der Waals surface area contributed by atoms with Crippen LogP contribution < -0.4 is 0 Å². The molecule has 0 aromatic heterocycles. The van der Waals surface area contributed by atoms with Gasteiger partial charge in [0.2, 0.25) is 0 Å². The molecule has 0 radical (unpaired) electrons. The summed E-state index contributed by atoms with van der Waals surface area (Å²) in [5.74, 6) is 3.48. The van der Waals surface area contributed by atoms with Crippen LogP contribution in [0.15, 0.2) is 0 Å². The molecule has 0 bridgehead atoms. The number of hydrogen-bond acceptors (Lipinski definition) is 0. The Morgan fingerprint density at radius 1 is 0.667 bits per heavy atom. The first kappa shape index (κ1) is 9.17. The normalized spacial score (nSPS) is 57.0. The van der Waals surface area contributed by atoms with Gasteiger partial charge in [0.15, 0.2) is 0 Å². The first-order valence-corrected chi connectivity index (χ1v) is 7.38. The summed E-state index contributed by atoms with van der Waals surface area (Å²) in [4.78, 5) is 0. The number of alkyl halides is 4. The van der Waals surface area contributed by atoms with E-state index in [0.29, 0.717) is 6.47 Å². The van der Waals surface area contributed by atoms with Crippen LogP contribution >= 0.6 is 63.7 Å². The molecule has 4 atom stereocenters. The Morgan fingerprint density at radius 3 is 1.17 bits per heavy atom. The van der Waals surface area contributed by atoms with E-state index in [2.05, 4.69) is 63.7 Å². The Morgan fingerprint density at radius 2 is 0.917 bits per heavy atom. The third-order valence-corrected chi connectivity index (χ3v) is 8.45. The number of halogens is 4. The smallest absolute Gasteiger partial charge is 0.0721 e. The molecule has 0 amide bonds. The van der Waals surface area contributed by atoms with Crippen molar-refractivity contribution in [3.8, 4) is 0 Å². The van der Waals surface area contributed by atoms with Gasteiger partial charge in [-0.2, -0.15) is 0 Å². The van der Waals surface area contributed by atoms with Gasteiger partial charge in [0, 0.05) is 0 Å². The van der Waals surface area contributed by atoms with E-state index >= 15 is 0 Å². The SMILES string of the molecule is BrC1(Br)[C@@H]2C[C@H]3[C@H](C[C@H]21)C3(Br)Br. The third kappa shape index (κ3) is 0.989. The van der Waals surface area contributed by atoms with Gasteiger partial charge < -0.3 is 0 Å². The van der Waals surface area contributed by atoms with Gasteiger partial charge in [0.05, 0.1) is 6.47 Å². The molecule has 0 N–H and O–H groups in total. The standard InChI is InChI=1S/C8H8Br4/c9-7(10)3-1-4-6(2-5(3)7)8(4,11)12/h3-6H,1-2H2/t3-,4+,5-,6+. The summed E-state index contributed by atoms with van der Waals surface area (Å²) < 4.78 is 0.618. The molecule has 0 unspecified atom stereocenters. The van der Waals surface area contributed by atoms with E-state index in [0.717, 1.165) is 23.7 Å². The van der Waals surface area contributed by atoms with Crippen LogP contribution in [0.1, 0.15) is 12.8 Å². The highest BCUT2D eigenvalue weighted by atomic mass is 79.9. The second-order valence-electron chi connectivity index (χ2n) is 4.25. The van der Waals surface area contributed by atoms with Gasteiger partial charge in [-0.3, -0.25) is 0 Å². The molecule has 68 valence electrons. The molecule has 0 heterocycles. The Kier molecular flexibility index (Phi) is 1.80. The summed E-state index contributed by atoms with van der Waals surface area (Å²) in [6.07, 6.45) is 2.73. The second-order valence-corrected chi connectivity index (χ2v) is 11.6. The van der Waals surface area contributed by atoms with Crippen molar-refractivity contribution >= 4 is 63.7 Å². The van der Waals surface area contributed by atoms with E-state index in [1.807, 2.05) is 0 Å². The molecule has 0 aromatic rings. The molecule has 0 saturated heterocycles. The zero-order valence-corrected chi connectivity index (χ0v) is 12.6. The highest BCUT2D eigenvalue weighted by molar-refractivity contribution is 9.26. The lowest BCUT2D eigenvalue weighted by Gasteiger charge is -2.02. The van der Waals surface area contributed by atoms with Crippen LogP contribution in [0.4, 0.5) is 0 Å². The van der Waals surface area contributed by atoms with Crippen LogP contribution in [0, 0.1) is 23.7 Å². The fourth-order valence-electron chi connectivity index (χ4n) is 2.75. The van der Waals surface area contributed by atoms with Gasteiger partial charge in [0.1, 0.15) is 0 Å². The predicted molar refractivity (Wildman–Crippen MR) is 64.4 cm³/mol. The number of rotatable bonds is 0. The molecule has 3 fully saturated rings. The minimum atomic E-state index is 0.309. The summed E-state index contributed by atoms with van der Waals surface area (Å²) in [6, 6.07) is 0. The van der Waals surface area contributed by atoms with Gasteiger partial charge in [-0.15, -0.1) is 0 Å². The fourth-order valence-corrected chi connectivity index (χ4v) is 6.27. The van der Waals surface area contributed by atoms with Crippen LogP contribution in [0.25, 0.3) is 0 Å². The lowest BCUT2D eigenvalue weighted by Crippen LogP contribution is -1.95. The highest BCUT2D eigenvalue weighted by Crippen LogP contribution is 2.79. The molecule has 0 aromatic carbocycles. The Labute approximate surface area is 106 Å². The van der Waals surface area contributed by atoms with Crippen LogP contribution in [0.2, 0.25) is 0 Å². The molecule has 12 heavy (non-hydrogen) atoms. The van der Waals surface area contributed by atoms with Crippen LogP contribution in [-0.2, 0) is 0 Å². The van der Waals surface area contributed by atoms with Gasteiger partial charge in [0.25, 0.3) is 0 Å². The van der Waals surface area contributed by atoms with Gasteiger partial charge in [-0.05, 0) is 36.5 Å². The largest absolute Gasteiger partial charge is 0.0868 e. The summed E-state index contributed by atoms with van der Waals surface area (Å²) >= 11 is 15.0. The van der Waals surface area contributed by atoms with Crippen molar-refractivity contribution < 1.29 is 0 Å². The van der Waals surface area contributed by atoms with E-state index < -0.39 is 0 Å². The van der Waals surface area contributed by atoms with Crippen molar-refractivity contribution in [1.82, 2.24) is 0 Å². The minimum Gasteiger partial charge on any atom is -0.0721 e. The second kappa shape index (κ2) is 2.35. The molecule has 3 aliphatic rings. The number of fused-ring (bicyclic) bond motifs is 2. The van der Waals surface area contributed by atoms with E-state index in [1.54, 1.807) is 0 Å². The minimum absolute atomic E-state index is 0.309. The monoisotopic (exact) mass is 420 g/mol. The van der Waals surface area contributed by atoms with Crippen LogP contribution in [-0.4, -0.2) is 6.47 Å². The predicted octanol–water partition coefficient (Wildman–Crippen LogP) is 4.24. The van der Waals surface area contributed by atoms with Gasteiger partial charge >= 0.3 is 0 Å². The first-order chi connectivity index (χ1) is 5.45. The molecular formula is C8H8Br4. The summed E-state index contributed by atoms with van der Waals surface area (Å²) in [5, 5.41) is 0. The molecule has 3 saturated carbocycles. The molecule has 0 aliphatic heterocycles. The summed E-state index contributed by atoms with van der Waals surface area (Å²) in [7, 11) is 0. The molecule has 4 heteroatoms. The average Bonchev–Trinajstić information content (AvgIpc) is 2.72.